The van der Waals surface area contributed by atoms with Crippen molar-refractivity contribution in [1.82, 2.24) is 10.2 Å². The van der Waals surface area contributed by atoms with Gasteiger partial charge in [0.2, 0.25) is 0 Å². The highest BCUT2D eigenvalue weighted by molar-refractivity contribution is 5.74. The minimum Gasteiger partial charge on any atom is -0.508 e. The van der Waals surface area contributed by atoms with Crippen LogP contribution in [-0.2, 0) is 6.42 Å². The summed E-state index contributed by atoms with van der Waals surface area (Å²) in [6, 6.07) is 6.99. The number of nitrogens with one attached hydrogen (secondary N) is 1. The molecular formula is C17H28N2O3. The summed E-state index contributed by atoms with van der Waals surface area (Å²) in [6.45, 7) is 8.11. The monoisotopic (exact) mass is 308 g/mol. The van der Waals surface area contributed by atoms with Crippen LogP contribution in [0.4, 0.5) is 4.79 Å². The molecule has 124 valence electrons. The van der Waals surface area contributed by atoms with Crippen LogP contribution in [0.2, 0.25) is 0 Å². The molecule has 1 aromatic carbocycles. The van der Waals surface area contributed by atoms with E-state index < -0.39 is 5.60 Å². The summed E-state index contributed by atoms with van der Waals surface area (Å²) < 4.78 is 0. The molecule has 0 radical (unpaired) electrons. The Morgan fingerprint density at radius 3 is 2.41 bits per heavy atom. The summed E-state index contributed by atoms with van der Waals surface area (Å²) >= 11 is 0. The number of benzene rings is 1. The van der Waals surface area contributed by atoms with Crippen LogP contribution in [0.3, 0.4) is 0 Å². The Morgan fingerprint density at radius 1 is 1.32 bits per heavy atom. The summed E-state index contributed by atoms with van der Waals surface area (Å²) in [4.78, 5) is 13.8. The zero-order chi connectivity index (χ0) is 16.8. The second kappa shape index (κ2) is 8.03. The van der Waals surface area contributed by atoms with Crippen LogP contribution in [0.1, 0.15) is 39.7 Å². The fourth-order valence-electron chi connectivity index (χ4n) is 2.21. The van der Waals surface area contributed by atoms with Gasteiger partial charge in [0.15, 0.2) is 0 Å². The maximum Gasteiger partial charge on any atom is 0.317 e. The SMILES string of the molecule is CCN(CC(C)(C)O)C(=O)NC(C)CCc1ccc(O)cc1. The van der Waals surface area contributed by atoms with E-state index in [-0.39, 0.29) is 17.8 Å². The van der Waals surface area contributed by atoms with E-state index >= 15 is 0 Å². The molecule has 1 rings (SSSR count). The standard InChI is InChI=1S/C17H28N2O3/c1-5-19(12-17(3,4)22)16(21)18-13(2)6-7-14-8-10-15(20)11-9-14/h8-11,13,20,22H,5-7,12H2,1-4H3,(H,18,21). The van der Waals surface area contributed by atoms with Gasteiger partial charge in [0.1, 0.15) is 5.75 Å². The van der Waals surface area contributed by atoms with Crippen LogP contribution in [0.15, 0.2) is 24.3 Å². The Hall–Kier alpha value is -1.75. The molecule has 0 fully saturated rings. The molecule has 0 bridgehead atoms. The topological polar surface area (TPSA) is 72.8 Å². The first-order chi connectivity index (χ1) is 10.2. The number of rotatable bonds is 7. The molecular weight excluding hydrogens is 280 g/mol. The lowest BCUT2D eigenvalue weighted by Gasteiger charge is -2.29. The van der Waals surface area contributed by atoms with Crippen molar-refractivity contribution in [2.45, 2.75) is 52.2 Å². The summed E-state index contributed by atoms with van der Waals surface area (Å²) in [7, 11) is 0. The number of aliphatic hydroxyl groups is 1. The number of nitrogens with zero attached hydrogens (tertiary/aromatic N) is 1. The Kier molecular flexibility index (Phi) is 6.68. The van der Waals surface area contributed by atoms with E-state index in [1.54, 1.807) is 30.9 Å². The van der Waals surface area contributed by atoms with Crippen LogP contribution in [0.5, 0.6) is 5.75 Å². The molecule has 0 aromatic heterocycles. The predicted octanol–water partition coefficient (Wildman–Crippen LogP) is 2.52. The highest BCUT2D eigenvalue weighted by atomic mass is 16.3. The van der Waals surface area contributed by atoms with E-state index in [1.807, 2.05) is 26.0 Å². The maximum absolute atomic E-state index is 12.2. The van der Waals surface area contributed by atoms with Gasteiger partial charge >= 0.3 is 6.03 Å². The number of aromatic hydroxyl groups is 1. The highest BCUT2D eigenvalue weighted by Crippen LogP contribution is 2.12. The highest BCUT2D eigenvalue weighted by Gasteiger charge is 2.21. The fourth-order valence-corrected chi connectivity index (χ4v) is 2.21. The lowest BCUT2D eigenvalue weighted by Crippen LogP contribution is -2.49. The molecule has 0 heterocycles. The first kappa shape index (κ1) is 18.3. The number of carbonyl (C=O) groups is 1. The van der Waals surface area contributed by atoms with Gasteiger partial charge in [-0.25, -0.2) is 4.79 Å². The smallest absolute Gasteiger partial charge is 0.317 e. The largest absolute Gasteiger partial charge is 0.508 e. The van der Waals surface area contributed by atoms with Gasteiger partial charge in [0.25, 0.3) is 0 Å². The van der Waals surface area contributed by atoms with Crippen molar-refractivity contribution in [3.8, 4) is 5.75 Å². The van der Waals surface area contributed by atoms with Gasteiger partial charge in [0, 0.05) is 12.6 Å². The van der Waals surface area contributed by atoms with Crippen molar-refractivity contribution >= 4 is 6.03 Å². The molecule has 3 N–H and O–H groups in total. The summed E-state index contributed by atoms with van der Waals surface area (Å²) in [5, 5.41) is 22.0. The van der Waals surface area contributed by atoms with Crippen molar-refractivity contribution < 1.29 is 15.0 Å². The van der Waals surface area contributed by atoms with Crippen LogP contribution < -0.4 is 5.32 Å². The predicted molar refractivity (Wildman–Crippen MR) is 88.0 cm³/mol. The first-order valence-electron chi connectivity index (χ1n) is 7.77. The van der Waals surface area contributed by atoms with Gasteiger partial charge in [-0.3, -0.25) is 0 Å². The molecule has 1 unspecified atom stereocenters. The zero-order valence-electron chi connectivity index (χ0n) is 14.0. The number of carbonyl (C=O) groups excluding carboxylic acids is 1. The third kappa shape index (κ3) is 6.80. The Morgan fingerprint density at radius 2 is 1.91 bits per heavy atom. The van der Waals surface area contributed by atoms with E-state index in [2.05, 4.69) is 5.32 Å². The molecule has 1 atom stereocenters. The summed E-state index contributed by atoms with van der Waals surface area (Å²) in [5.74, 6) is 0.260. The van der Waals surface area contributed by atoms with Crippen LogP contribution in [-0.4, -0.2) is 45.9 Å². The van der Waals surface area contributed by atoms with Gasteiger partial charge in [-0.2, -0.15) is 0 Å². The molecule has 0 spiro atoms. The molecule has 0 aliphatic carbocycles. The second-order valence-corrected chi connectivity index (χ2v) is 6.38. The molecule has 22 heavy (non-hydrogen) atoms. The van der Waals surface area contributed by atoms with Gasteiger partial charge in [0.05, 0.1) is 12.1 Å². The maximum atomic E-state index is 12.2. The molecule has 0 aliphatic rings. The number of phenolic OH excluding ortho intramolecular Hbond substituents is 1. The quantitative estimate of drug-likeness (QED) is 0.724. The lowest BCUT2D eigenvalue weighted by molar-refractivity contribution is 0.0476. The number of urea groups is 1. The zero-order valence-corrected chi connectivity index (χ0v) is 14.0. The Labute approximate surface area is 133 Å². The molecule has 5 heteroatoms. The number of aryl methyl sites for hydroxylation is 1. The van der Waals surface area contributed by atoms with E-state index in [0.717, 1.165) is 18.4 Å². The van der Waals surface area contributed by atoms with Crippen LogP contribution in [0, 0.1) is 0 Å². The van der Waals surface area contributed by atoms with Gasteiger partial charge in [-0.1, -0.05) is 12.1 Å². The molecule has 1 aromatic rings. The third-order valence-corrected chi connectivity index (χ3v) is 3.42. The Balaban J connectivity index is 2.44. The van der Waals surface area contributed by atoms with E-state index in [1.165, 1.54) is 0 Å². The molecule has 0 saturated heterocycles. The number of phenols is 1. The van der Waals surface area contributed by atoms with Gasteiger partial charge in [-0.05, 0) is 58.2 Å². The lowest BCUT2D eigenvalue weighted by atomic mass is 10.1. The van der Waals surface area contributed by atoms with Gasteiger partial charge < -0.3 is 20.4 Å². The Bertz CT molecular complexity index is 466. The average Bonchev–Trinajstić information content (AvgIpc) is 2.43. The first-order valence-corrected chi connectivity index (χ1v) is 7.77. The molecule has 0 aliphatic heterocycles. The van der Waals surface area contributed by atoms with Crippen LogP contribution in [0.25, 0.3) is 0 Å². The van der Waals surface area contributed by atoms with Crippen molar-refractivity contribution in [3.63, 3.8) is 0 Å². The van der Waals surface area contributed by atoms with Gasteiger partial charge in [-0.15, -0.1) is 0 Å². The molecule has 0 saturated carbocycles. The van der Waals surface area contributed by atoms with Crippen molar-refractivity contribution in [3.05, 3.63) is 29.8 Å². The van der Waals surface area contributed by atoms with E-state index in [0.29, 0.717) is 13.1 Å². The molecule has 5 nitrogen and oxygen atoms in total. The third-order valence-electron chi connectivity index (χ3n) is 3.42. The number of likely N-dealkylation sites (N-methyl/N-ethyl adjacent to an activating group) is 1. The number of amides is 2. The molecule has 2 amide bonds. The van der Waals surface area contributed by atoms with Crippen molar-refractivity contribution in [2.24, 2.45) is 0 Å². The fraction of sp³-hybridized carbons (Fsp3) is 0.588. The van der Waals surface area contributed by atoms with Crippen LogP contribution >= 0.6 is 0 Å². The summed E-state index contributed by atoms with van der Waals surface area (Å²) in [6.07, 6.45) is 1.65. The van der Waals surface area contributed by atoms with E-state index in [4.69, 9.17) is 0 Å². The van der Waals surface area contributed by atoms with Crippen molar-refractivity contribution in [2.75, 3.05) is 13.1 Å². The van der Waals surface area contributed by atoms with E-state index in [9.17, 15) is 15.0 Å². The number of hydrogen-bond acceptors (Lipinski definition) is 3. The van der Waals surface area contributed by atoms with Crippen molar-refractivity contribution in [1.29, 1.82) is 0 Å². The minimum atomic E-state index is -0.900. The second-order valence-electron chi connectivity index (χ2n) is 6.38. The minimum absolute atomic E-state index is 0.0390. The normalized spacial score (nSPS) is 12.8. The summed E-state index contributed by atoms with van der Waals surface area (Å²) in [5.41, 5.74) is 0.227. The average molecular weight is 308 g/mol. The number of hydrogen-bond donors (Lipinski definition) is 3.